The van der Waals surface area contributed by atoms with Gasteiger partial charge in [-0.05, 0) is 12.1 Å². The Morgan fingerprint density at radius 3 is 2.73 bits per heavy atom. The van der Waals surface area contributed by atoms with Gasteiger partial charge >= 0.3 is 6.18 Å². The smallest absolute Gasteiger partial charge is 0.453 e. The van der Waals surface area contributed by atoms with Gasteiger partial charge in [-0.25, -0.2) is 0 Å². The molecule has 2 aromatic heterocycles. The zero-order valence-corrected chi connectivity index (χ0v) is 14.2. The van der Waals surface area contributed by atoms with Crippen LogP contribution in [0.4, 0.5) is 13.2 Å². The number of halogens is 3. The van der Waals surface area contributed by atoms with Gasteiger partial charge in [0.05, 0.1) is 13.0 Å². The van der Waals surface area contributed by atoms with Crippen molar-refractivity contribution in [3.63, 3.8) is 0 Å². The molecule has 3 rings (SSSR count). The standard InChI is InChI=1S/C15H14F3N5O2S/c16-15(17,18)13-20-21-14-23(13)22-12(26-14)6-8-19-11(24)7-9-25-10-4-2-1-3-5-10/h1-5H,6-9H2,(H,19,24). The van der Waals surface area contributed by atoms with Crippen molar-refractivity contribution in [1.29, 1.82) is 0 Å². The van der Waals surface area contributed by atoms with E-state index in [1.165, 1.54) is 0 Å². The van der Waals surface area contributed by atoms with Crippen molar-refractivity contribution >= 4 is 22.2 Å². The average Bonchev–Trinajstić information content (AvgIpc) is 3.15. The Kier molecular flexibility index (Phi) is 5.35. The van der Waals surface area contributed by atoms with E-state index in [2.05, 4.69) is 20.6 Å². The molecule has 138 valence electrons. The molecule has 3 aromatic rings. The Balaban J connectivity index is 1.44. The number of para-hydroxylation sites is 1. The number of nitrogens with one attached hydrogen (secondary N) is 1. The van der Waals surface area contributed by atoms with Crippen molar-refractivity contribution in [2.45, 2.75) is 19.0 Å². The number of alkyl halides is 3. The summed E-state index contributed by atoms with van der Waals surface area (Å²) in [5.41, 5.74) is 0. The summed E-state index contributed by atoms with van der Waals surface area (Å²) >= 11 is 1.00. The van der Waals surface area contributed by atoms with Crippen molar-refractivity contribution in [3.05, 3.63) is 41.2 Å². The number of carbonyl (C=O) groups excluding carboxylic acids is 1. The second kappa shape index (κ2) is 7.68. The molecule has 0 fully saturated rings. The monoisotopic (exact) mass is 385 g/mol. The molecule has 0 saturated carbocycles. The molecule has 0 aliphatic rings. The first kappa shape index (κ1) is 18.1. The van der Waals surface area contributed by atoms with Crippen molar-refractivity contribution in [2.24, 2.45) is 0 Å². The fraction of sp³-hybridized carbons (Fsp3) is 0.333. The number of benzene rings is 1. The molecule has 0 aliphatic carbocycles. The van der Waals surface area contributed by atoms with Crippen molar-refractivity contribution in [2.75, 3.05) is 13.2 Å². The Morgan fingerprint density at radius 1 is 1.23 bits per heavy atom. The lowest BCUT2D eigenvalue weighted by molar-refractivity contribution is -0.146. The zero-order chi connectivity index (χ0) is 18.6. The number of amides is 1. The Bertz CT molecular complexity index is 878. The van der Waals surface area contributed by atoms with Crippen LogP contribution in [0.15, 0.2) is 30.3 Å². The maximum Gasteiger partial charge on any atom is 0.453 e. The van der Waals surface area contributed by atoms with Gasteiger partial charge in [-0.2, -0.15) is 22.8 Å². The summed E-state index contributed by atoms with van der Waals surface area (Å²) in [6.07, 6.45) is -4.13. The molecule has 7 nitrogen and oxygen atoms in total. The molecular weight excluding hydrogens is 371 g/mol. The van der Waals surface area contributed by atoms with Crippen LogP contribution in [0.1, 0.15) is 17.3 Å². The highest BCUT2D eigenvalue weighted by molar-refractivity contribution is 7.16. The van der Waals surface area contributed by atoms with Crippen molar-refractivity contribution < 1.29 is 22.7 Å². The van der Waals surface area contributed by atoms with Gasteiger partial charge in [0.2, 0.25) is 10.9 Å². The van der Waals surface area contributed by atoms with Crippen molar-refractivity contribution in [3.8, 4) is 5.75 Å². The zero-order valence-electron chi connectivity index (χ0n) is 13.4. The minimum atomic E-state index is -4.61. The maximum atomic E-state index is 12.7. The molecule has 0 atom stereocenters. The topological polar surface area (TPSA) is 81.4 Å². The van der Waals surface area contributed by atoms with Crippen LogP contribution in [0.5, 0.6) is 5.75 Å². The first-order chi connectivity index (χ1) is 12.4. The van der Waals surface area contributed by atoms with Crippen LogP contribution < -0.4 is 10.1 Å². The molecule has 0 saturated heterocycles. The number of fused-ring (bicyclic) bond motifs is 1. The normalized spacial score (nSPS) is 11.7. The minimum Gasteiger partial charge on any atom is -0.493 e. The van der Waals surface area contributed by atoms with E-state index in [1.54, 1.807) is 12.1 Å². The first-order valence-corrected chi connectivity index (χ1v) is 8.48. The van der Waals surface area contributed by atoms with E-state index in [0.717, 1.165) is 11.3 Å². The van der Waals surface area contributed by atoms with Crippen LogP contribution in [0, 0.1) is 0 Å². The summed E-state index contributed by atoms with van der Waals surface area (Å²) < 4.78 is 44.3. The lowest BCUT2D eigenvalue weighted by atomic mass is 10.3. The largest absolute Gasteiger partial charge is 0.493 e. The van der Waals surface area contributed by atoms with Gasteiger partial charge < -0.3 is 10.1 Å². The average molecular weight is 385 g/mol. The Hall–Kier alpha value is -2.69. The van der Waals surface area contributed by atoms with Gasteiger partial charge in [-0.3, -0.25) is 4.79 Å². The lowest BCUT2D eigenvalue weighted by Gasteiger charge is -2.06. The number of ether oxygens (including phenoxy) is 1. The predicted molar refractivity (Wildman–Crippen MR) is 86.9 cm³/mol. The lowest BCUT2D eigenvalue weighted by Crippen LogP contribution is -2.27. The number of hydrogen-bond acceptors (Lipinski definition) is 6. The molecule has 11 heteroatoms. The number of hydrogen-bond donors (Lipinski definition) is 1. The molecule has 2 heterocycles. The molecular formula is C15H14F3N5O2S. The minimum absolute atomic E-state index is 0.0647. The molecule has 1 N–H and O–H groups in total. The third-order valence-electron chi connectivity index (χ3n) is 3.29. The summed E-state index contributed by atoms with van der Waals surface area (Å²) in [4.78, 5) is 11.8. The summed E-state index contributed by atoms with van der Waals surface area (Å²) in [6, 6.07) is 9.12. The fourth-order valence-corrected chi connectivity index (χ4v) is 2.94. The van der Waals surface area contributed by atoms with Crippen LogP contribution >= 0.6 is 11.3 Å². The first-order valence-electron chi connectivity index (χ1n) is 7.66. The van der Waals surface area contributed by atoms with Gasteiger partial charge in [0.1, 0.15) is 10.8 Å². The Morgan fingerprint density at radius 2 is 2.00 bits per heavy atom. The van der Waals surface area contributed by atoms with E-state index in [1.807, 2.05) is 18.2 Å². The second-order valence-electron chi connectivity index (χ2n) is 5.22. The van der Waals surface area contributed by atoms with E-state index >= 15 is 0 Å². The summed E-state index contributed by atoms with van der Waals surface area (Å²) in [7, 11) is 0. The Labute approximate surface area is 149 Å². The van der Waals surface area contributed by atoms with E-state index < -0.39 is 12.0 Å². The van der Waals surface area contributed by atoms with Gasteiger partial charge in [-0.15, -0.1) is 10.2 Å². The molecule has 0 unspecified atom stereocenters. The van der Waals surface area contributed by atoms with E-state index in [4.69, 9.17) is 4.74 Å². The quantitative estimate of drug-likeness (QED) is 0.675. The van der Waals surface area contributed by atoms with E-state index in [0.29, 0.717) is 21.7 Å². The third-order valence-corrected chi connectivity index (χ3v) is 4.25. The maximum absolute atomic E-state index is 12.7. The molecule has 0 bridgehead atoms. The molecule has 26 heavy (non-hydrogen) atoms. The molecule has 0 aliphatic heterocycles. The van der Waals surface area contributed by atoms with E-state index in [-0.39, 0.29) is 30.4 Å². The van der Waals surface area contributed by atoms with Gasteiger partial charge in [0, 0.05) is 13.0 Å². The van der Waals surface area contributed by atoms with Gasteiger partial charge in [0.15, 0.2) is 0 Å². The van der Waals surface area contributed by atoms with Crippen LogP contribution in [-0.2, 0) is 17.4 Å². The fourth-order valence-electron chi connectivity index (χ4n) is 2.11. The number of nitrogens with zero attached hydrogens (tertiary/aromatic N) is 4. The van der Waals surface area contributed by atoms with Crippen LogP contribution in [0.3, 0.4) is 0 Å². The highest BCUT2D eigenvalue weighted by Crippen LogP contribution is 2.28. The number of carbonyl (C=O) groups is 1. The third kappa shape index (κ3) is 4.48. The summed E-state index contributed by atoms with van der Waals surface area (Å²) in [6.45, 7) is 0.497. The summed E-state index contributed by atoms with van der Waals surface area (Å²) in [5.74, 6) is -0.683. The van der Waals surface area contributed by atoms with Crippen LogP contribution in [0.25, 0.3) is 4.96 Å². The number of aromatic nitrogens is 4. The number of rotatable bonds is 7. The highest BCUT2D eigenvalue weighted by Gasteiger charge is 2.38. The SMILES string of the molecule is O=C(CCOc1ccccc1)NCCc1nn2c(C(F)(F)F)nnc2s1. The van der Waals surface area contributed by atoms with Crippen LogP contribution in [0.2, 0.25) is 0 Å². The summed E-state index contributed by atoms with van der Waals surface area (Å²) in [5, 5.41) is 13.5. The second-order valence-corrected chi connectivity index (χ2v) is 6.26. The molecule has 1 aromatic carbocycles. The van der Waals surface area contributed by atoms with Crippen LogP contribution in [-0.4, -0.2) is 38.9 Å². The molecule has 1 amide bonds. The molecule has 0 radical (unpaired) electrons. The van der Waals surface area contributed by atoms with E-state index in [9.17, 15) is 18.0 Å². The van der Waals surface area contributed by atoms with Gasteiger partial charge in [0.25, 0.3) is 5.82 Å². The highest BCUT2D eigenvalue weighted by atomic mass is 32.1. The predicted octanol–water partition coefficient (Wildman–Crippen LogP) is 2.33. The molecule has 0 spiro atoms. The van der Waals surface area contributed by atoms with Gasteiger partial charge in [-0.1, -0.05) is 29.5 Å². The van der Waals surface area contributed by atoms with Crippen molar-refractivity contribution in [1.82, 2.24) is 25.1 Å².